The summed E-state index contributed by atoms with van der Waals surface area (Å²) in [6.07, 6.45) is 4.80. The first-order valence-electron chi connectivity index (χ1n) is 5.68. The molecule has 0 saturated carbocycles. The monoisotopic (exact) mass is 274 g/mol. The van der Waals surface area contributed by atoms with E-state index in [9.17, 15) is 0 Å². The molecule has 17 heavy (non-hydrogen) atoms. The predicted molar refractivity (Wildman–Crippen MR) is 75.7 cm³/mol. The second kappa shape index (κ2) is 6.54. The maximum absolute atomic E-state index is 5.55. The van der Waals surface area contributed by atoms with Crippen molar-refractivity contribution in [3.05, 3.63) is 0 Å². The van der Waals surface area contributed by atoms with Gasteiger partial charge in [0, 0.05) is 11.5 Å². The highest BCUT2D eigenvalue weighted by Gasteiger charge is 2.24. The van der Waals surface area contributed by atoms with Gasteiger partial charge in [0.25, 0.3) is 0 Å². The largest absolute Gasteiger partial charge is 0.478 e. The second-order valence-corrected chi connectivity index (χ2v) is 5.88. The van der Waals surface area contributed by atoms with E-state index in [2.05, 4.69) is 22.5 Å². The molecule has 0 unspecified atom stereocenters. The van der Waals surface area contributed by atoms with Crippen LogP contribution >= 0.6 is 23.5 Å². The van der Waals surface area contributed by atoms with Crippen molar-refractivity contribution in [3.8, 4) is 0 Å². The Bertz CT molecular complexity index is 291. The molecule has 0 aromatic carbocycles. The van der Waals surface area contributed by atoms with Crippen LogP contribution in [0.15, 0.2) is 9.98 Å². The minimum Gasteiger partial charge on any atom is -0.478 e. The van der Waals surface area contributed by atoms with Crippen molar-refractivity contribution in [3.63, 3.8) is 0 Å². The molecule has 4 nitrogen and oxygen atoms in total. The van der Waals surface area contributed by atoms with Crippen molar-refractivity contribution in [1.29, 1.82) is 0 Å². The molecule has 0 spiro atoms. The topological polar surface area (TPSA) is 43.2 Å². The lowest BCUT2D eigenvalue weighted by atomic mass is 10.4. The second-order valence-electron chi connectivity index (χ2n) is 4.06. The van der Waals surface area contributed by atoms with E-state index in [0.29, 0.717) is 31.7 Å². The van der Waals surface area contributed by atoms with Crippen LogP contribution in [0.3, 0.4) is 0 Å². The standard InChI is InChI=1S/C11H18N2O2S2/c1-16-6-8-4-14-10(12-8)3-11-13-9(5-15-11)7-17-2/h8-9H,3-7H2,1-2H3/t8-,9-/m0/s1. The highest BCUT2D eigenvalue weighted by atomic mass is 32.2. The molecule has 0 fully saturated rings. The Morgan fingerprint density at radius 2 is 1.47 bits per heavy atom. The van der Waals surface area contributed by atoms with Gasteiger partial charge >= 0.3 is 0 Å². The average molecular weight is 274 g/mol. The van der Waals surface area contributed by atoms with Crippen molar-refractivity contribution in [2.45, 2.75) is 18.5 Å². The summed E-state index contributed by atoms with van der Waals surface area (Å²) in [4.78, 5) is 9.04. The van der Waals surface area contributed by atoms with E-state index < -0.39 is 0 Å². The fourth-order valence-electron chi connectivity index (χ4n) is 1.82. The van der Waals surface area contributed by atoms with E-state index in [4.69, 9.17) is 9.47 Å². The van der Waals surface area contributed by atoms with Gasteiger partial charge in [0.1, 0.15) is 13.2 Å². The van der Waals surface area contributed by atoms with Crippen molar-refractivity contribution in [1.82, 2.24) is 0 Å². The Hall–Kier alpha value is -0.360. The SMILES string of the molecule is CSC[C@@H]1COC(CC2=N[C@H](CSC)CO2)=N1. The fourth-order valence-corrected chi connectivity index (χ4v) is 2.93. The van der Waals surface area contributed by atoms with Gasteiger partial charge in [-0.15, -0.1) is 0 Å². The van der Waals surface area contributed by atoms with Crippen LogP contribution in [0.2, 0.25) is 0 Å². The fraction of sp³-hybridized carbons (Fsp3) is 0.818. The highest BCUT2D eigenvalue weighted by molar-refractivity contribution is 7.98. The molecule has 2 rings (SSSR count). The summed E-state index contributed by atoms with van der Waals surface area (Å²) < 4.78 is 11.1. The van der Waals surface area contributed by atoms with Gasteiger partial charge in [0.2, 0.25) is 0 Å². The normalized spacial score (nSPS) is 27.4. The first-order chi connectivity index (χ1) is 8.31. The van der Waals surface area contributed by atoms with Gasteiger partial charge in [0.05, 0.1) is 18.5 Å². The van der Waals surface area contributed by atoms with Crippen molar-refractivity contribution >= 4 is 35.3 Å². The third-order valence-corrected chi connectivity index (χ3v) is 3.99. The van der Waals surface area contributed by atoms with Crippen molar-refractivity contribution in [2.24, 2.45) is 9.98 Å². The van der Waals surface area contributed by atoms with Gasteiger partial charge in [0.15, 0.2) is 11.8 Å². The van der Waals surface area contributed by atoms with Gasteiger partial charge in [-0.3, -0.25) is 0 Å². The molecule has 0 N–H and O–H groups in total. The molecular weight excluding hydrogens is 256 g/mol. The van der Waals surface area contributed by atoms with Crippen LogP contribution in [-0.4, -0.2) is 61.1 Å². The van der Waals surface area contributed by atoms with Crippen molar-refractivity contribution in [2.75, 3.05) is 37.2 Å². The molecule has 2 atom stereocenters. The van der Waals surface area contributed by atoms with Crippen LogP contribution in [0.5, 0.6) is 0 Å². The van der Waals surface area contributed by atoms with E-state index in [0.717, 1.165) is 23.3 Å². The number of hydrogen-bond acceptors (Lipinski definition) is 6. The molecule has 0 amide bonds. The Labute approximate surface area is 111 Å². The third-order valence-electron chi connectivity index (χ3n) is 2.56. The van der Waals surface area contributed by atoms with Gasteiger partial charge in [-0.2, -0.15) is 23.5 Å². The Kier molecular flexibility index (Phi) is 5.03. The molecule has 0 saturated heterocycles. The molecule has 0 aromatic rings. The van der Waals surface area contributed by atoms with Crippen molar-refractivity contribution < 1.29 is 9.47 Å². The molecule has 0 aliphatic carbocycles. The minimum atomic E-state index is 0.309. The van der Waals surface area contributed by atoms with Gasteiger partial charge in [-0.05, 0) is 12.5 Å². The smallest absolute Gasteiger partial charge is 0.193 e. The zero-order chi connectivity index (χ0) is 12.1. The lowest BCUT2D eigenvalue weighted by molar-refractivity contribution is 0.305. The molecule has 2 aliphatic heterocycles. The van der Waals surface area contributed by atoms with E-state index in [1.165, 1.54) is 0 Å². The van der Waals surface area contributed by atoms with Gasteiger partial charge < -0.3 is 9.47 Å². The summed E-state index contributed by atoms with van der Waals surface area (Å²) in [5.74, 6) is 3.61. The third kappa shape index (κ3) is 3.81. The molecule has 2 heterocycles. The first-order valence-corrected chi connectivity index (χ1v) is 8.47. The number of rotatable bonds is 6. The molecular formula is C11H18N2O2S2. The van der Waals surface area contributed by atoms with E-state index in [1.54, 1.807) is 23.5 Å². The summed E-state index contributed by atoms with van der Waals surface area (Å²) in [7, 11) is 0. The van der Waals surface area contributed by atoms with E-state index >= 15 is 0 Å². The Morgan fingerprint density at radius 3 is 1.88 bits per heavy atom. The maximum atomic E-state index is 5.55. The quantitative estimate of drug-likeness (QED) is 0.739. The van der Waals surface area contributed by atoms with Crippen LogP contribution in [0.25, 0.3) is 0 Å². The maximum Gasteiger partial charge on any atom is 0.193 e. The summed E-state index contributed by atoms with van der Waals surface area (Å²) in [6, 6.07) is 0.619. The summed E-state index contributed by atoms with van der Waals surface area (Å²) in [5, 5.41) is 0. The van der Waals surface area contributed by atoms with Gasteiger partial charge in [-0.25, -0.2) is 9.98 Å². The summed E-state index contributed by atoms with van der Waals surface area (Å²) in [5.41, 5.74) is 0. The number of ether oxygens (including phenoxy) is 2. The number of hydrogen-bond donors (Lipinski definition) is 0. The number of nitrogens with zero attached hydrogens (tertiary/aromatic N) is 2. The molecule has 0 bridgehead atoms. The summed E-state index contributed by atoms with van der Waals surface area (Å²) >= 11 is 3.60. The molecule has 6 heteroatoms. The lowest BCUT2D eigenvalue weighted by Gasteiger charge is -2.01. The van der Waals surface area contributed by atoms with Crippen LogP contribution in [0.4, 0.5) is 0 Å². The van der Waals surface area contributed by atoms with Crippen LogP contribution in [0, 0.1) is 0 Å². The highest BCUT2D eigenvalue weighted by Crippen LogP contribution is 2.15. The minimum absolute atomic E-state index is 0.309. The zero-order valence-electron chi connectivity index (χ0n) is 10.2. The molecule has 96 valence electrons. The number of aliphatic imine (C=N–C) groups is 2. The van der Waals surface area contributed by atoms with Gasteiger partial charge in [-0.1, -0.05) is 0 Å². The average Bonchev–Trinajstić information content (AvgIpc) is 2.91. The van der Waals surface area contributed by atoms with Crippen LogP contribution < -0.4 is 0 Å². The predicted octanol–water partition coefficient (Wildman–Crippen LogP) is 1.70. The van der Waals surface area contributed by atoms with E-state index in [1.807, 2.05) is 0 Å². The Balaban J connectivity index is 1.82. The first kappa shape index (κ1) is 13.1. The van der Waals surface area contributed by atoms with Crippen LogP contribution in [-0.2, 0) is 9.47 Å². The summed E-state index contributed by atoms with van der Waals surface area (Å²) in [6.45, 7) is 1.41. The zero-order valence-corrected chi connectivity index (χ0v) is 11.9. The van der Waals surface area contributed by atoms with Crippen LogP contribution in [0.1, 0.15) is 6.42 Å². The van der Waals surface area contributed by atoms with E-state index in [-0.39, 0.29) is 0 Å². The Morgan fingerprint density at radius 1 is 1.00 bits per heavy atom. The molecule has 0 radical (unpaired) electrons. The lowest BCUT2D eigenvalue weighted by Crippen LogP contribution is -2.10. The number of thioether (sulfide) groups is 2. The molecule has 0 aromatic heterocycles. The molecule has 2 aliphatic rings.